The van der Waals surface area contributed by atoms with E-state index in [0.717, 1.165) is 25.5 Å². The molecular weight excluding hydrogens is 246 g/mol. The predicted molar refractivity (Wildman–Crippen MR) is 82.6 cm³/mol. The molecule has 0 saturated carbocycles. The topological polar surface area (TPSA) is 12.2 Å². The van der Waals surface area contributed by atoms with Crippen LogP contribution in [0.1, 0.15) is 58.1 Å². The maximum atomic E-state index is 6.01. The molecule has 0 bridgehead atoms. The minimum Gasteiger partial charge on any atom is -0.438 e. The minimum absolute atomic E-state index is 0.149. The Morgan fingerprint density at radius 3 is 2.45 bits per heavy atom. The largest absolute Gasteiger partial charge is 0.438 e. The highest BCUT2D eigenvalue weighted by atomic mass is 16.5. The van der Waals surface area contributed by atoms with Gasteiger partial charge in [-0.15, -0.1) is 0 Å². The van der Waals surface area contributed by atoms with Gasteiger partial charge in [-0.3, -0.25) is 0 Å². The Hall–Kier alpha value is -1.31. The number of fused-ring (bicyclic) bond motifs is 2. The summed E-state index contributed by atoms with van der Waals surface area (Å²) in [6.07, 6.45) is 3.50. The van der Waals surface area contributed by atoms with Crippen LogP contribution in [-0.4, -0.2) is 29.2 Å². The summed E-state index contributed by atoms with van der Waals surface area (Å²) in [7, 11) is 0. The van der Waals surface area contributed by atoms with E-state index in [1.165, 1.54) is 24.0 Å². The third-order valence-corrected chi connectivity index (χ3v) is 5.99. The summed E-state index contributed by atoms with van der Waals surface area (Å²) >= 11 is 0. The smallest absolute Gasteiger partial charge is 0.371 e. The van der Waals surface area contributed by atoms with Crippen LogP contribution in [-0.2, 0) is 10.2 Å². The quantitative estimate of drug-likeness (QED) is 0.764. The molecule has 2 aliphatic rings. The highest BCUT2D eigenvalue weighted by Crippen LogP contribution is 2.50. The van der Waals surface area contributed by atoms with Crippen molar-refractivity contribution in [1.29, 1.82) is 0 Å². The Kier molecular flexibility index (Phi) is 3.15. The molecule has 0 spiro atoms. The van der Waals surface area contributed by atoms with Crippen LogP contribution in [0.3, 0.4) is 0 Å². The summed E-state index contributed by atoms with van der Waals surface area (Å²) in [5.74, 6) is 1.11. The lowest BCUT2D eigenvalue weighted by atomic mass is 9.59. The molecule has 0 radical (unpaired) electrons. The lowest BCUT2D eigenvalue weighted by Gasteiger charge is -2.47. The van der Waals surface area contributed by atoms with Gasteiger partial charge < -0.3 is 4.74 Å². The second-order valence-corrected chi connectivity index (χ2v) is 6.27. The number of ether oxygens (including phenoxy) is 1. The Morgan fingerprint density at radius 2 is 1.80 bits per heavy atom. The molecule has 1 atom stereocenters. The Bertz CT molecular complexity index is 556. The van der Waals surface area contributed by atoms with E-state index < -0.39 is 0 Å². The number of hydrogen-bond acceptors (Lipinski definition) is 1. The van der Waals surface area contributed by atoms with Crippen molar-refractivity contribution in [2.24, 2.45) is 0 Å². The molecule has 0 fully saturated rings. The molecular formula is C18H26NO+. The zero-order valence-electron chi connectivity index (χ0n) is 13.2. The van der Waals surface area contributed by atoms with Crippen molar-refractivity contribution in [3.63, 3.8) is 0 Å². The summed E-state index contributed by atoms with van der Waals surface area (Å²) < 4.78 is 8.55. The zero-order valence-corrected chi connectivity index (χ0v) is 13.2. The van der Waals surface area contributed by atoms with Crippen LogP contribution >= 0.6 is 0 Å². The monoisotopic (exact) mass is 272 g/mol. The Morgan fingerprint density at radius 1 is 1.10 bits per heavy atom. The van der Waals surface area contributed by atoms with E-state index in [0.29, 0.717) is 0 Å². The molecule has 0 N–H and O–H groups in total. The van der Waals surface area contributed by atoms with E-state index >= 15 is 0 Å². The van der Waals surface area contributed by atoms with Crippen molar-refractivity contribution in [1.82, 2.24) is 0 Å². The van der Waals surface area contributed by atoms with Gasteiger partial charge in [0.15, 0.2) is 18.7 Å². The van der Waals surface area contributed by atoms with E-state index in [4.69, 9.17) is 4.74 Å². The number of nitrogens with zero attached hydrogens (tertiary/aromatic N) is 1. The molecule has 1 unspecified atom stereocenters. The van der Waals surface area contributed by atoms with Crippen molar-refractivity contribution < 1.29 is 9.31 Å². The normalized spacial score (nSPS) is 27.0. The first-order valence-corrected chi connectivity index (χ1v) is 8.02. The number of rotatable bonds is 3. The lowest BCUT2D eigenvalue weighted by Crippen LogP contribution is -2.60. The van der Waals surface area contributed by atoms with Crippen LogP contribution < -0.4 is 0 Å². The SMILES string of the molecule is CCC1(CC)c2ccccc2C2=[N+](CCO2)C1(C)CC. The zero-order chi connectivity index (χ0) is 14.4. The summed E-state index contributed by atoms with van der Waals surface area (Å²) in [4.78, 5) is 0. The van der Waals surface area contributed by atoms with Gasteiger partial charge in [0.05, 0.1) is 11.0 Å². The molecule has 1 aromatic carbocycles. The maximum absolute atomic E-state index is 6.01. The second kappa shape index (κ2) is 4.61. The third-order valence-electron chi connectivity index (χ3n) is 5.99. The maximum Gasteiger partial charge on any atom is 0.371 e. The van der Waals surface area contributed by atoms with Crippen LogP contribution in [0.4, 0.5) is 0 Å². The number of benzene rings is 1. The fourth-order valence-corrected chi connectivity index (χ4v) is 4.66. The van der Waals surface area contributed by atoms with E-state index in [1.807, 2.05) is 0 Å². The molecule has 2 aliphatic heterocycles. The van der Waals surface area contributed by atoms with Crippen LogP contribution in [0.25, 0.3) is 0 Å². The summed E-state index contributed by atoms with van der Waals surface area (Å²) in [6.45, 7) is 11.3. The first kappa shape index (κ1) is 13.7. The molecule has 0 aromatic heterocycles. The molecule has 2 heterocycles. The van der Waals surface area contributed by atoms with E-state index in [1.54, 1.807) is 0 Å². The van der Waals surface area contributed by atoms with Gasteiger partial charge in [0.25, 0.3) is 0 Å². The average molecular weight is 272 g/mol. The van der Waals surface area contributed by atoms with Gasteiger partial charge in [-0.25, -0.2) is 0 Å². The molecule has 2 heteroatoms. The first-order valence-electron chi connectivity index (χ1n) is 8.02. The average Bonchev–Trinajstić information content (AvgIpc) is 2.99. The first-order chi connectivity index (χ1) is 9.64. The van der Waals surface area contributed by atoms with E-state index in [-0.39, 0.29) is 11.0 Å². The summed E-state index contributed by atoms with van der Waals surface area (Å²) in [5.41, 5.74) is 3.17. The molecule has 0 saturated heterocycles. The highest BCUT2D eigenvalue weighted by molar-refractivity contribution is 5.94. The van der Waals surface area contributed by atoms with Crippen molar-refractivity contribution in [3.8, 4) is 0 Å². The van der Waals surface area contributed by atoms with Gasteiger partial charge in [-0.2, -0.15) is 4.58 Å². The van der Waals surface area contributed by atoms with Gasteiger partial charge in [0.2, 0.25) is 0 Å². The van der Waals surface area contributed by atoms with Gasteiger partial charge >= 0.3 is 5.90 Å². The molecule has 1 aromatic rings. The summed E-state index contributed by atoms with van der Waals surface area (Å²) in [5, 5.41) is 0. The van der Waals surface area contributed by atoms with Gasteiger partial charge in [-0.05, 0) is 24.5 Å². The predicted octanol–water partition coefficient (Wildman–Crippen LogP) is 3.72. The standard InChI is InChI=1S/C18H26NO/c1-5-17(4)18(6-2,7-3)15-11-9-8-10-14(15)16-19(17)12-13-20-16/h8-11H,5-7,12-13H2,1-4H3/q+1. The fourth-order valence-electron chi connectivity index (χ4n) is 4.66. The molecule has 0 amide bonds. The second-order valence-electron chi connectivity index (χ2n) is 6.27. The van der Waals surface area contributed by atoms with Crippen LogP contribution in [0.2, 0.25) is 0 Å². The molecule has 0 aliphatic carbocycles. The van der Waals surface area contributed by atoms with Gasteiger partial charge in [-0.1, -0.05) is 39.0 Å². The number of hydrogen-bond donors (Lipinski definition) is 0. The summed E-state index contributed by atoms with van der Waals surface area (Å²) in [6, 6.07) is 8.87. The van der Waals surface area contributed by atoms with Crippen molar-refractivity contribution in [2.75, 3.05) is 13.2 Å². The third kappa shape index (κ3) is 1.43. The fraction of sp³-hybridized carbons (Fsp3) is 0.611. The minimum atomic E-state index is 0.149. The van der Waals surface area contributed by atoms with E-state index in [9.17, 15) is 0 Å². The van der Waals surface area contributed by atoms with Crippen molar-refractivity contribution >= 4 is 5.90 Å². The van der Waals surface area contributed by atoms with Crippen molar-refractivity contribution in [3.05, 3.63) is 35.4 Å². The molecule has 2 nitrogen and oxygen atoms in total. The van der Waals surface area contributed by atoms with Gasteiger partial charge in [0, 0.05) is 13.3 Å². The van der Waals surface area contributed by atoms with Crippen LogP contribution in [0, 0.1) is 0 Å². The Labute approximate surface area is 122 Å². The van der Waals surface area contributed by atoms with Crippen molar-refractivity contribution in [2.45, 2.75) is 57.9 Å². The van der Waals surface area contributed by atoms with E-state index in [2.05, 4.69) is 56.5 Å². The Balaban J connectivity index is 2.35. The highest BCUT2D eigenvalue weighted by Gasteiger charge is 2.60. The van der Waals surface area contributed by atoms with Crippen LogP contribution in [0.15, 0.2) is 24.3 Å². The lowest BCUT2D eigenvalue weighted by molar-refractivity contribution is -0.613. The molecule has 3 rings (SSSR count). The van der Waals surface area contributed by atoms with Crippen LogP contribution in [0.5, 0.6) is 0 Å². The van der Waals surface area contributed by atoms with Gasteiger partial charge in [0.1, 0.15) is 0 Å². The molecule has 108 valence electrons. The molecule has 20 heavy (non-hydrogen) atoms.